The van der Waals surface area contributed by atoms with Crippen LogP contribution in [-0.4, -0.2) is 30.2 Å². The molecule has 0 bridgehead atoms. The predicted octanol–water partition coefficient (Wildman–Crippen LogP) is 5.18. The van der Waals surface area contributed by atoms with Crippen molar-refractivity contribution in [2.75, 3.05) is 18.5 Å². The topological polar surface area (TPSA) is 66.2 Å². The highest BCUT2D eigenvalue weighted by Crippen LogP contribution is 2.23. The van der Waals surface area contributed by atoms with E-state index < -0.39 is 12.8 Å². The molecule has 3 N–H and O–H groups in total. The molecule has 166 valence electrons. The molecule has 3 rings (SSSR count). The average Bonchev–Trinajstić information content (AvgIpc) is 3.12. The monoisotopic (exact) mass is 433 g/mol. The summed E-state index contributed by atoms with van der Waals surface area (Å²) in [6.45, 7) is 1.87. The van der Waals surface area contributed by atoms with Gasteiger partial charge in [-0.15, -0.1) is 0 Å². The van der Waals surface area contributed by atoms with Crippen molar-refractivity contribution in [2.24, 2.45) is 0 Å². The molecule has 0 aliphatic heterocycles. The molecule has 1 aromatic heterocycles. The van der Waals surface area contributed by atoms with Crippen LogP contribution in [0.1, 0.15) is 30.9 Å². The summed E-state index contributed by atoms with van der Waals surface area (Å²) in [5.74, 6) is 0.202. The summed E-state index contributed by atoms with van der Waals surface area (Å²) < 4.78 is 41.7. The largest absolute Gasteiger partial charge is 0.484 e. The number of aromatic nitrogens is 1. The third-order valence-corrected chi connectivity index (χ3v) is 4.73. The number of nitrogens with one attached hydrogen (secondary N) is 3. The van der Waals surface area contributed by atoms with E-state index in [2.05, 4.69) is 15.6 Å². The van der Waals surface area contributed by atoms with Crippen LogP contribution < -0.4 is 15.4 Å². The molecular weight excluding hydrogens is 407 g/mol. The number of benzene rings is 2. The van der Waals surface area contributed by atoms with Gasteiger partial charge in [-0.2, -0.15) is 13.2 Å². The molecule has 0 atom stereocenters. The zero-order valence-electron chi connectivity index (χ0n) is 17.3. The van der Waals surface area contributed by atoms with E-state index in [9.17, 15) is 18.0 Å². The zero-order valence-corrected chi connectivity index (χ0v) is 17.3. The van der Waals surface area contributed by atoms with E-state index in [1.54, 1.807) is 12.1 Å². The van der Waals surface area contributed by atoms with E-state index in [1.165, 1.54) is 6.07 Å². The molecule has 0 fully saturated rings. The van der Waals surface area contributed by atoms with Crippen molar-refractivity contribution in [2.45, 2.75) is 38.9 Å². The third kappa shape index (κ3) is 7.03. The predicted molar refractivity (Wildman–Crippen MR) is 115 cm³/mol. The van der Waals surface area contributed by atoms with E-state index in [0.717, 1.165) is 40.6 Å². The second-order valence-corrected chi connectivity index (χ2v) is 7.35. The Morgan fingerprint density at radius 2 is 2.00 bits per heavy atom. The highest BCUT2D eigenvalue weighted by atomic mass is 19.4. The Morgan fingerprint density at radius 1 is 1.16 bits per heavy atom. The van der Waals surface area contributed by atoms with E-state index in [-0.39, 0.29) is 11.7 Å². The maximum atomic E-state index is 12.3. The fourth-order valence-corrected chi connectivity index (χ4v) is 3.28. The van der Waals surface area contributed by atoms with Crippen molar-refractivity contribution in [3.8, 4) is 5.75 Å². The Hall–Kier alpha value is -3.00. The quantitative estimate of drug-likeness (QED) is 0.386. The minimum Gasteiger partial charge on any atom is -0.484 e. The van der Waals surface area contributed by atoms with Gasteiger partial charge in [-0.25, -0.2) is 0 Å². The second kappa shape index (κ2) is 10.3. The molecule has 0 unspecified atom stereocenters. The minimum atomic E-state index is -4.35. The van der Waals surface area contributed by atoms with Crippen LogP contribution in [0.25, 0.3) is 10.9 Å². The van der Waals surface area contributed by atoms with Crippen molar-refractivity contribution < 1.29 is 22.7 Å². The third-order valence-electron chi connectivity index (χ3n) is 4.73. The number of anilines is 1. The van der Waals surface area contributed by atoms with Crippen molar-refractivity contribution in [3.05, 3.63) is 59.8 Å². The summed E-state index contributed by atoms with van der Waals surface area (Å²) in [6, 6.07) is 12.4. The molecule has 31 heavy (non-hydrogen) atoms. The number of rotatable bonds is 10. The number of carbonyl (C=O) groups excluding carboxylic acids is 1. The lowest BCUT2D eigenvalue weighted by molar-refractivity contribution is -0.153. The molecule has 1 amide bonds. The van der Waals surface area contributed by atoms with Crippen LogP contribution in [0.15, 0.2) is 48.7 Å². The fraction of sp³-hybridized carbons (Fsp3) is 0.348. The van der Waals surface area contributed by atoms with Crippen LogP contribution in [0, 0.1) is 0 Å². The number of alkyl halides is 3. The first-order chi connectivity index (χ1) is 14.8. The van der Waals surface area contributed by atoms with E-state index >= 15 is 0 Å². The summed E-state index contributed by atoms with van der Waals surface area (Å²) in [6.07, 6.45) is -0.352. The Kier molecular flexibility index (Phi) is 7.57. The van der Waals surface area contributed by atoms with E-state index in [4.69, 9.17) is 4.74 Å². The first-order valence-electron chi connectivity index (χ1n) is 10.2. The SMILES string of the molecule is CCCC(=O)Nc1ccc2[nH]cc(CCNCc3cccc(OCC(F)(F)F)c3)c2c1. The van der Waals surface area contributed by atoms with Gasteiger partial charge in [0.1, 0.15) is 5.75 Å². The van der Waals surface area contributed by atoms with Crippen LogP contribution in [0.5, 0.6) is 5.75 Å². The van der Waals surface area contributed by atoms with Gasteiger partial charge in [0.25, 0.3) is 0 Å². The number of amides is 1. The lowest BCUT2D eigenvalue weighted by Crippen LogP contribution is -2.19. The molecule has 5 nitrogen and oxygen atoms in total. The molecule has 0 aliphatic rings. The van der Waals surface area contributed by atoms with Gasteiger partial charge in [-0.05, 0) is 60.8 Å². The minimum absolute atomic E-state index is 0.00189. The van der Waals surface area contributed by atoms with Crippen LogP contribution in [0.3, 0.4) is 0 Å². The van der Waals surface area contributed by atoms with Gasteiger partial charge < -0.3 is 20.4 Å². The number of carbonyl (C=O) groups is 1. The fourth-order valence-electron chi connectivity index (χ4n) is 3.28. The van der Waals surface area contributed by atoms with Gasteiger partial charge in [-0.1, -0.05) is 19.1 Å². The van der Waals surface area contributed by atoms with Crippen molar-refractivity contribution >= 4 is 22.5 Å². The average molecular weight is 433 g/mol. The molecule has 8 heteroatoms. The zero-order chi connectivity index (χ0) is 22.3. The summed E-state index contributed by atoms with van der Waals surface area (Å²) >= 11 is 0. The van der Waals surface area contributed by atoms with Crippen LogP contribution >= 0.6 is 0 Å². The van der Waals surface area contributed by atoms with Gasteiger partial charge in [0.15, 0.2) is 6.61 Å². The Labute approximate surface area is 179 Å². The van der Waals surface area contributed by atoms with Crippen molar-refractivity contribution in [1.82, 2.24) is 10.3 Å². The van der Waals surface area contributed by atoms with Gasteiger partial charge in [0.2, 0.25) is 5.91 Å². The maximum Gasteiger partial charge on any atom is 0.422 e. The van der Waals surface area contributed by atoms with Crippen molar-refractivity contribution in [3.63, 3.8) is 0 Å². The molecule has 0 saturated carbocycles. The second-order valence-electron chi connectivity index (χ2n) is 7.35. The molecule has 0 radical (unpaired) electrons. The molecule has 1 heterocycles. The van der Waals surface area contributed by atoms with Gasteiger partial charge in [0, 0.05) is 35.8 Å². The molecule has 2 aromatic carbocycles. The van der Waals surface area contributed by atoms with Crippen LogP contribution in [-0.2, 0) is 17.8 Å². The lowest BCUT2D eigenvalue weighted by atomic mass is 10.1. The van der Waals surface area contributed by atoms with E-state index in [1.807, 2.05) is 37.4 Å². The number of fused-ring (bicyclic) bond motifs is 1. The molecular formula is C23H26F3N3O2. The first-order valence-corrected chi connectivity index (χ1v) is 10.2. The molecule has 0 spiro atoms. The first kappa shape index (κ1) is 22.7. The van der Waals surface area contributed by atoms with Crippen LogP contribution in [0.2, 0.25) is 0 Å². The van der Waals surface area contributed by atoms with Gasteiger partial charge in [-0.3, -0.25) is 4.79 Å². The molecule has 3 aromatic rings. The standard InChI is InChI=1S/C23H26F3N3O2/c1-2-4-22(30)29-18-7-8-21-20(12-18)17(14-28-21)9-10-27-13-16-5-3-6-19(11-16)31-15-23(24,25)26/h3,5-8,11-12,14,27-28H,2,4,9-10,13,15H2,1H3,(H,29,30). The Bertz CT molecular complexity index is 1010. The Morgan fingerprint density at radius 3 is 2.77 bits per heavy atom. The summed E-state index contributed by atoms with van der Waals surface area (Å²) in [7, 11) is 0. The van der Waals surface area contributed by atoms with Crippen molar-refractivity contribution in [1.29, 1.82) is 0 Å². The van der Waals surface area contributed by atoms with E-state index in [0.29, 0.717) is 19.5 Å². The molecule has 0 saturated heterocycles. The number of hydrogen-bond acceptors (Lipinski definition) is 3. The summed E-state index contributed by atoms with van der Waals surface area (Å²) in [4.78, 5) is 15.1. The summed E-state index contributed by atoms with van der Waals surface area (Å²) in [5.41, 5.74) is 3.74. The lowest BCUT2D eigenvalue weighted by Gasteiger charge is -2.11. The number of hydrogen-bond donors (Lipinski definition) is 3. The number of halogens is 3. The highest BCUT2D eigenvalue weighted by molar-refractivity contribution is 5.94. The normalized spacial score (nSPS) is 11.6. The number of ether oxygens (including phenoxy) is 1. The highest BCUT2D eigenvalue weighted by Gasteiger charge is 2.28. The number of H-pyrrole nitrogens is 1. The maximum absolute atomic E-state index is 12.3. The van der Waals surface area contributed by atoms with Gasteiger partial charge >= 0.3 is 6.18 Å². The number of aromatic amines is 1. The smallest absolute Gasteiger partial charge is 0.422 e. The van der Waals surface area contributed by atoms with Crippen LogP contribution in [0.4, 0.5) is 18.9 Å². The molecule has 0 aliphatic carbocycles. The Balaban J connectivity index is 1.53. The van der Waals surface area contributed by atoms with Gasteiger partial charge in [0.05, 0.1) is 0 Å². The summed E-state index contributed by atoms with van der Waals surface area (Å²) in [5, 5.41) is 7.28.